The van der Waals surface area contributed by atoms with Crippen molar-refractivity contribution in [3.05, 3.63) is 0 Å². The summed E-state index contributed by atoms with van der Waals surface area (Å²) in [5, 5.41) is 1.03. The number of unbranched alkanes of at least 4 members (excludes halogenated alkanes) is 6. The molecule has 0 heterocycles. The summed E-state index contributed by atoms with van der Waals surface area (Å²) in [6, 6.07) is 0. The molecule has 0 aromatic rings. The van der Waals surface area contributed by atoms with Crippen LogP contribution < -0.4 is 0 Å². The highest BCUT2D eigenvalue weighted by atomic mass is 32.2. The Labute approximate surface area is 101 Å². The minimum absolute atomic E-state index is 1.03. The first-order valence-electron chi connectivity index (χ1n) is 7.05. The SMILES string of the molecule is CCCCCCCCCSC1CCCC1. The van der Waals surface area contributed by atoms with E-state index in [2.05, 4.69) is 18.7 Å². The minimum atomic E-state index is 1.03. The van der Waals surface area contributed by atoms with Crippen LogP contribution in [-0.4, -0.2) is 11.0 Å². The van der Waals surface area contributed by atoms with Gasteiger partial charge in [-0.05, 0) is 25.0 Å². The lowest BCUT2D eigenvalue weighted by Crippen LogP contribution is -1.95. The van der Waals surface area contributed by atoms with Crippen LogP contribution in [0, 0.1) is 0 Å². The topological polar surface area (TPSA) is 0 Å². The summed E-state index contributed by atoms with van der Waals surface area (Å²) in [5.41, 5.74) is 0. The lowest BCUT2D eigenvalue weighted by molar-refractivity contribution is 0.603. The molecule has 0 atom stereocenters. The third kappa shape index (κ3) is 7.27. The molecule has 1 rings (SSSR count). The Morgan fingerprint density at radius 3 is 2.13 bits per heavy atom. The number of rotatable bonds is 9. The van der Waals surface area contributed by atoms with E-state index in [1.807, 2.05) is 0 Å². The molecule has 0 aromatic heterocycles. The summed E-state index contributed by atoms with van der Waals surface area (Å²) in [6.07, 6.45) is 16.2. The second kappa shape index (κ2) is 9.57. The maximum Gasteiger partial charge on any atom is 0.00470 e. The molecule has 0 saturated heterocycles. The predicted octanol–water partition coefficient (Wildman–Crippen LogP) is 5.41. The molecule has 1 aliphatic rings. The summed E-state index contributed by atoms with van der Waals surface area (Å²) in [4.78, 5) is 0. The van der Waals surface area contributed by atoms with Crippen LogP contribution in [-0.2, 0) is 0 Å². The van der Waals surface area contributed by atoms with Crippen LogP contribution >= 0.6 is 11.8 Å². The van der Waals surface area contributed by atoms with Crippen molar-refractivity contribution >= 4 is 11.8 Å². The van der Waals surface area contributed by atoms with E-state index in [1.165, 1.54) is 76.4 Å². The van der Waals surface area contributed by atoms with Crippen LogP contribution in [0.3, 0.4) is 0 Å². The summed E-state index contributed by atoms with van der Waals surface area (Å²) in [7, 11) is 0. The van der Waals surface area contributed by atoms with Gasteiger partial charge in [0, 0.05) is 5.25 Å². The zero-order valence-corrected chi connectivity index (χ0v) is 11.3. The molecule has 1 heteroatoms. The molecule has 15 heavy (non-hydrogen) atoms. The highest BCUT2D eigenvalue weighted by Crippen LogP contribution is 2.29. The van der Waals surface area contributed by atoms with Crippen molar-refractivity contribution in [1.29, 1.82) is 0 Å². The van der Waals surface area contributed by atoms with E-state index in [9.17, 15) is 0 Å². The van der Waals surface area contributed by atoms with E-state index in [0.29, 0.717) is 0 Å². The molecule has 1 aliphatic carbocycles. The smallest absolute Gasteiger partial charge is 0.00470 e. The Morgan fingerprint density at radius 1 is 0.867 bits per heavy atom. The lowest BCUT2D eigenvalue weighted by Gasteiger charge is -2.07. The van der Waals surface area contributed by atoms with Crippen LogP contribution in [0.1, 0.15) is 77.6 Å². The van der Waals surface area contributed by atoms with Crippen LogP contribution in [0.25, 0.3) is 0 Å². The number of hydrogen-bond acceptors (Lipinski definition) is 1. The van der Waals surface area contributed by atoms with E-state index >= 15 is 0 Å². The Bertz CT molecular complexity index is 127. The van der Waals surface area contributed by atoms with Crippen LogP contribution in [0.5, 0.6) is 0 Å². The molecule has 0 aliphatic heterocycles. The molecule has 1 fully saturated rings. The van der Waals surface area contributed by atoms with Crippen molar-refractivity contribution in [2.75, 3.05) is 5.75 Å². The summed E-state index contributed by atoms with van der Waals surface area (Å²) < 4.78 is 0. The first-order chi connectivity index (χ1) is 7.43. The van der Waals surface area contributed by atoms with Gasteiger partial charge in [0.15, 0.2) is 0 Å². The first-order valence-corrected chi connectivity index (χ1v) is 8.10. The van der Waals surface area contributed by atoms with Crippen molar-refractivity contribution in [1.82, 2.24) is 0 Å². The van der Waals surface area contributed by atoms with Crippen LogP contribution in [0.4, 0.5) is 0 Å². The van der Waals surface area contributed by atoms with Gasteiger partial charge >= 0.3 is 0 Å². The van der Waals surface area contributed by atoms with Crippen LogP contribution in [0.2, 0.25) is 0 Å². The molecule has 0 amide bonds. The average Bonchev–Trinajstić information content (AvgIpc) is 2.75. The van der Waals surface area contributed by atoms with E-state index < -0.39 is 0 Å². The van der Waals surface area contributed by atoms with Gasteiger partial charge in [0.1, 0.15) is 0 Å². The van der Waals surface area contributed by atoms with Crippen molar-refractivity contribution in [2.45, 2.75) is 82.8 Å². The highest BCUT2D eigenvalue weighted by molar-refractivity contribution is 7.99. The van der Waals surface area contributed by atoms with Gasteiger partial charge in [-0.2, -0.15) is 11.8 Å². The molecule has 90 valence electrons. The normalized spacial score (nSPS) is 17.4. The Morgan fingerprint density at radius 2 is 1.47 bits per heavy atom. The lowest BCUT2D eigenvalue weighted by atomic mass is 10.1. The molecule has 0 radical (unpaired) electrons. The third-order valence-electron chi connectivity index (χ3n) is 3.40. The fraction of sp³-hybridized carbons (Fsp3) is 1.00. The zero-order chi connectivity index (χ0) is 10.8. The second-order valence-corrected chi connectivity index (χ2v) is 6.31. The standard InChI is InChI=1S/C14H28S/c1-2-3-4-5-6-7-10-13-15-14-11-8-9-12-14/h14H,2-13H2,1H3. The van der Waals surface area contributed by atoms with Gasteiger partial charge in [0.2, 0.25) is 0 Å². The number of hydrogen-bond donors (Lipinski definition) is 0. The van der Waals surface area contributed by atoms with Gasteiger partial charge in [-0.15, -0.1) is 0 Å². The quantitative estimate of drug-likeness (QED) is 0.475. The van der Waals surface area contributed by atoms with E-state index in [4.69, 9.17) is 0 Å². The molecule has 0 N–H and O–H groups in total. The highest BCUT2D eigenvalue weighted by Gasteiger charge is 2.14. The van der Waals surface area contributed by atoms with Crippen molar-refractivity contribution in [2.24, 2.45) is 0 Å². The van der Waals surface area contributed by atoms with Gasteiger partial charge < -0.3 is 0 Å². The molecule has 0 spiro atoms. The van der Waals surface area contributed by atoms with Gasteiger partial charge in [0.05, 0.1) is 0 Å². The van der Waals surface area contributed by atoms with Crippen molar-refractivity contribution < 1.29 is 0 Å². The molecular formula is C14H28S. The van der Waals surface area contributed by atoms with Gasteiger partial charge in [0.25, 0.3) is 0 Å². The van der Waals surface area contributed by atoms with E-state index in [1.54, 1.807) is 0 Å². The van der Waals surface area contributed by atoms with Gasteiger partial charge in [-0.1, -0.05) is 58.3 Å². The van der Waals surface area contributed by atoms with E-state index in [0.717, 1.165) is 5.25 Å². The largest absolute Gasteiger partial charge is 0.159 e. The fourth-order valence-electron chi connectivity index (χ4n) is 2.36. The van der Waals surface area contributed by atoms with Crippen LogP contribution in [0.15, 0.2) is 0 Å². The molecule has 0 nitrogen and oxygen atoms in total. The fourth-order valence-corrected chi connectivity index (χ4v) is 3.73. The molecule has 0 unspecified atom stereocenters. The van der Waals surface area contributed by atoms with Gasteiger partial charge in [-0.25, -0.2) is 0 Å². The maximum absolute atomic E-state index is 2.29. The zero-order valence-electron chi connectivity index (χ0n) is 10.5. The first kappa shape index (κ1) is 13.4. The summed E-state index contributed by atoms with van der Waals surface area (Å²) >= 11 is 2.25. The molecular weight excluding hydrogens is 200 g/mol. The number of thioether (sulfide) groups is 1. The Kier molecular flexibility index (Phi) is 8.56. The predicted molar refractivity (Wildman–Crippen MR) is 72.7 cm³/mol. The monoisotopic (exact) mass is 228 g/mol. The molecule has 0 aromatic carbocycles. The van der Waals surface area contributed by atoms with E-state index in [-0.39, 0.29) is 0 Å². The van der Waals surface area contributed by atoms with Crippen molar-refractivity contribution in [3.63, 3.8) is 0 Å². The molecule has 1 saturated carbocycles. The van der Waals surface area contributed by atoms with Crippen molar-refractivity contribution in [3.8, 4) is 0 Å². The second-order valence-electron chi connectivity index (χ2n) is 4.90. The summed E-state index contributed by atoms with van der Waals surface area (Å²) in [6.45, 7) is 2.29. The minimum Gasteiger partial charge on any atom is -0.159 e. The molecule has 0 bridgehead atoms. The third-order valence-corrected chi connectivity index (χ3v) is 4.87. The Hall–Kier alpha value is 0.350. The Balaban J connectivity index is 1.73. The summed E-state index contributed by atoms with van der Waals surface area (Å²) in [5.74, 6) is 1.43. The average molecular weight is 228 g/mol. The van der Waals surface area contributed by atoms with Gasteiger partial charge in [-0.3, -0.25) is 0 Å². The maximum atomic E-state index is 2.29.